The first-order valence-corrected chi connectivity index (χ1v) is 7.78. The lowest BCUT2D eigenvalue weighted by Crippen LogP contribution is -2.31. The summed E-state index contributed by atoms with van der Waals surface area (Å²) in [5.41, 5.74) is 1.23. The zero-order chi connectivity index (χ0) is 21.8. The van der Waals surface area contributed by atoms with Crippen LogP contribution in [0.1, 0.15) is 12.0 Å². The Kier molecular flexibility index (Phi) is 6.51. The van der Waals surface area contributed by atoms with Crippen LogP contribution in [0.15, 0.2) is 30.3 Å². The lowest BCUT2D eigenvalue weighted by molar-refractivity contribution is -0.384. The van der Waals surface area contributed by atoms with Gasteiger partial charge in [-0.3, -0.25) is 25.8 Å². The molecule has 0 aliphatic rings. The predicted octanol–water partition coefficient (Wildman–Crippen LogP) is 3.98. The Morgan fingerprint density at radius 2 is 1.69 bits per heavy atom. The summed E-state index contributed by atoms with van der Waals surface area (Å²) in [5.74, 6) is -5.47. The van der Waals surface area contributed by atoms with Crippen molar-refractivity contribution in [2.24, 2.45) is 0 Å². The van der Waals surface area contributed by atoms with Crippen LogP contribution < -0.4 is 16.2 Å². The van der Waals surface area contributed by atoms with Gasteiger partial charge in [0.05, 0.1) is 16.2 Å². The van der Waals surface area contributed by atoms with E-state index in [4.69, 9.17) is 0 Å². The average Bonchev–Trinajstić information content (AvgIpc) is 2.64. The van der Waals surface area contributed by atoms with Crippen LogP contribution in [0.4, 0.5) is 43.4 Å². The van der Waals surface area contributed by atoms with Crippen LogP contribution in [0.25, 0.3) is 0 Å². The molecule has 156 valence electrons. The van der Waals surface area contributed by atoms with Gasteiger partial charge in [0.15, 0.2) is 17.5 Å². The van der Waals surface area contributed by atoms with E-state index in [1.54, 1.807) is 0 Å². The third-order valence-electron chi connectivity index (χ3n) is 3.56. The van der Waals surface area contributed by atoms with Crippen LogP contribution in [0.5, 0.6) is 0 Å². The number of benzene rings is 2. The van der Waals surface area contributed by atoms with Crippen LogP contribution in [-0.4, -0.2) is 17.4 Å². The molecule has 13 heteroatoms. The topological polar surface area (TPSA) is 96.3 Å². The SMILES string of the molecule is O=C(CCNc1ccc(C(F)(F)F)cc1[N+](=O)[O-])NNc1ccc(F)c(F)c1F. The van der Waals surface area contributed by atoms with E-state index < -0.39 is 51.4 Å². The van der Waals surface area contributed by atoms with Crippen LogP contribution in [0, 0.1) is 27.6 Å². The van der Waals surface area contributed by atoms with E-state index in [1.807, 2.05) is 10.9 Å². The first-order chi connectivity index (χ1) is 13.5. The fourth-order valence-corrected chi connectivity index (χ4v) is 2.14. The molecule has 2 rings (SSSR count). The summed E-state index contributed by atoms with van der Waals surface area (Å²) in [4.78, 5) is 21.6. The average molecular weight is 422 g/mol. The molecule has 0 bridgehead atoms. The van der Waals surface area contributed by atoms with Gasteiger partial charge in [0.25, 0.3) is 5.69 Å². The van der Waals surface area contributed by atoms with Crippen LogP contribution in [0.3, 0.4) is 0 Å². The van der Waals surface area contributed by atoms with Crippen molar-refractivity contribution in [1.82, 2.24) is 5.43 Å². The maximum Gasteiger partial charge on any atom is 0.416 e. The van der Waals surface area contributed by atoms with E-state index >= 15 is 0 Å². The monoisotopic (exact) mass is 422 g/mol. The summed E-state index contributed by atoms with van der Waals surface area (Å²) in [6.45, 7) is -0.222. The van der Waals surface area contributed by atoms with E-state index in [2.05, 4.69) is 5.32 Å². The third-order valence-corrected chi connectivity index (χ3v) is 3.56. The molecule has 0 radical (unpaired) electrons. The molecule has 2 aromatic carbocycles. The van der Waals surface area contributed by atoms with Gasteiger partial charge < -0.3 is 5.32 Å². The molecule has 1 amide bonds. The Morgan fingerprint density at radius 3 is 2.31 bits per heavy atom. The maximum atomic E-state index is 13.4. The van der Waals surface area contributed by atoms with E-state index in [-0.39, 0.29) is 18.7 Å². The van der Waals surface area contributed by atoms with Crippen molar-refractivity contribution < 1.29 is 36.1 Å². The second-order valence-corrected chi connectivity index (χ2v) is 5.56. The van der Waals surface area contributed by atoms with Crippen molar-refractivity contribution in [3.05, 3.63) is 63.5 Å². The number of amides is 1. The molecular weight excluding hydrogens is 410 g/mol. The standard InChI is InChI=1S/C16H12F6N4O3/c17-9-2-4-11(15(19)14(9)18)24-25-13(27)5-6-23-10-3-1-8(16(20,21)22)7-12(10)26(28)29/h1-4,7,23-24H,5-6H2,(H,25,27). The fraction of sp³-hybridized carbons (Fsp3) is 0.188. The maximum absolute atomic E-state index is 13.4. The minimum atomic E-state index is -4.76. The summed E-state index contributed by atoms with van der Waals surface area (Å²) < 4.78 is 77.3. The molecular formula is C16H12F6N4O3. The summed E-state index contributed by atoms with van der Waals surface area (Å²) in [6.07, 6.45) is -5.10. The first-order valence-electron chi connectivity index (χ1n) is 7.78. The van der Waals surface area contributed by atoms with Gasteiger partial charge in [0.1, 0.15) is 5.69 Å². The highest BCUT2D eigenvalue weighted by Gasteiger charge is 2.33. The minimum absolute atomic E-state index is 0.222. The number of hydrogen-bond donors (Lipinski definition) is 3. The molecule has 0 unspecified atom stereocenters. The molecule has 0 aliphatic carbocycles. The van der Waals surface area contributed by atoms with Gasteiger partial charge in [-0.05, 0) is 24.3 Å². The summed E-state index contributed by atoms with van der Waals surface area (Å²) in [7, 11) is 0. The van der Waals surface area contributed by atoms with Gasteiger partial charge in [0.2, 0.25) is 5.91 Å². The Labute approximate surface area is 158 Å². The molecule has 0 saturated heterocycles. The number of alkyl halides is 3. The normalized spacial score (nSPS) is 11.1. The smallest absolute Gasteiger partial charge is 0.379 e. The molecule has 0 atom stereocenters. The van der Waals surface area contributed by atoms with Crippen molar-refractivity contribution in [2.75, 3.05) is 17.3 Å². The number of carbonyl (C=O) groups is 1. The van der Waals surface area contributed by atoms with E-state index in [0.29, 0.717) is 18.2 Å². The molecule has 2 aromatic rings. The molecule has 0 aromatic heterocycles. The van der Waals surface area contributed by atoms with Crippen LogP contribution in [0.2, 0.25) is 0 Å². The molecule has 0 aliphatic heterocycles. The Hall–Kier alpha value is -3.51. The number of nitrogens with zero attached hydrogens (tertiary/aromatic N) is 1. The molecule has 0 spiro atoms. The largest absolute Gasteiger partial charge is 0.416 e. The first kappa shape index (κ1) is 21.8. The van der Waals surface area contributed by atoms with Crippen molar-refractivity contribution in [3.63, 3.8) is 0 Å². The fourth-order valence-electron chi connectivity index (χ4n) is 2.14. The molecule has 7 nitrogen and oxygen atoms in total. The van der Waals surface area contributed by atoms with Crippen molar-refractivity contribution in [2.45, 2.75) is 12.6 Å². The number of hydrazine groups is 1. The Morgan fingerprint density at radius 1 is 1.03 bits per heavy atom. The van der Waals surface area contributed by atoms with Gasteiger partial charge >= 0.3 is 6.18 Å². The lowest BCUT2D eigenvalue weighted by atomic mass is 10.1. The number of rotatable bonds is 7. The van der Waals surface area contributed by atoms with Gasteiger partial charge in [-0.2, -0.15) is 13.2 Å². The second kappa shape index (κ2) is 8.67. The third kappa shape index (κ3) is 5.49. The molecule has 3 N–H and O–H groups in total. The summed E-state index contributed by atoms with van der Waals surface area (Å²) in [6, 6.07) is 3.34. The number of hydrogen-bond acceptors (Lipinski definition) is 5. The number of nitro groups is 1. The number of anilines is 2. The van der Waals surface area contributed by atoms with E-state index in [9.17, 15) is 41.3 Å². The van der Waals surface area contributed by atoms with Crippen LogP contribution in [-0.2, 0) is 11.0 Å². The molecule has 0 fully saturated rings. The number of carbonyl (C=O) groups excluding carboxylic acids is 1. The van der Waals surface area contributed by atoms with Crippen molar-refractivity contribution in [1.29, 1.82) is 0 Å². The van der Waals surface area contributed by atoms with Gasteiger partial charge in [-0.15, -0.1) is 0 Å². The molecule has 29 heavy (non-hydrogen) atoms. The highest BCUT2D eigenvalue weighted by atomic mass is 19.4. The van der Waals surface area contributed by atoms with Gasteiger partial charge in [-0.1, -0.05) is 0 Å². The summed E-state index contributed by atoms with van der Waals surface area (Å²) in [5, 5.41) is 13.4. The highest BCUT2D eigenvalue weighted by molar-refractivity contribution is 5.78. The van der Waals surface area contributed by atoms with Crippen molar-refractivity contribution >= 4 is 23.0 Å². The quantitative estimate of drug-likeness (QED) is 0.272. The number of nitrogens with one attached hydrogen (secondary N) is 3. The zero-order valence-corrected chi connectivity index (χ0v) is 14.2. The van der Waals surface area contributed by atoms with Gasteiger partial charge in [-0.25, -0.2) is 13.2 Å². The van der Waals surface area contributed by atoms with E-state index in [0.717, 1.165) is 12.1 Å². The van der Waals surface area contributed by atoms with Crippen molar-refractivity contribution in [3.8, 4) is 0 Å². The van der Waals surface area contributed by atoms with E-state index in [1.165, 1.54) is 0 Å². The number of nitro benzene ring substituents is 1. The minimum Gasteiger partial charge on any atom is -0.379 e. The Bertz CT molecular complexity index is 936. The van der Waals surface area contributed by atoms with Gasteiger partial charge in [0, 0.05) is 19.0 Å². The molecule has 0 heterocycles. The Balaban J connectivity index is 1.93. The highest BCUT2D eigenvalue weighted by Crippen LogP contribution is 2.34. The number of halogens is 6. The lowest BCUT2D eigenvalue weighted by Gasteiger charge is -2.12. The second-order valence-electron chi connectivity index (χ2n) is 5.56. The zero-order valence-electron chi connectivity index (χ0n) is 14.2. The predicted molar refractivity (Wildman–Crippen MR) is 89.3 cm³/mol. The molecule has 0 saturated carbocycles. The summed E-state index contributed by atoms with van der Waals surface area (Å²) >= 11 is 0. The van der Waals surface area contributed by atoms with Crippen LogP contribution >= 0.6 is 0 Å².